The van der Waals surface area contributed by atoms with Crippen LogP contribution in [0, 0.1) is 0 Å². The third-order valence-electron chi connectivity index (χ3n) is 3.28. The lowest BCUT2D eigenvalue weighted by molar-refractivity contribution is -0.149. The third kappa shape index (κ3) is 5.36. The Kier molecular flexibility index (Phi) is 7.48. The zero-order chi connectivity index (χ0) is 14.3. The van der Waals surface area contributed by atoms with Crippen LogP contribution in [0.25, 0.3) is 0 Å². The van der Waals surface area contributed by atoms with Crippen molar-refractivity contribution in [2.45, 2.75) is 65.1 Å². The molecule has 0 aliphatic heterocycles. The number of nitrogens with zero attached hydrogens (tertiary/aromatic N) is 1. The molecule has 0 heterocycles. The van der Waals surface area contributed by atoms with E-state index >= 15 is 0 Å². The van der Waals surface area contributed by atoms with Crippen molar-refractivity contribution in [2.24, 2.45) is 0 Å². The standard InChI is InChI=1S/C14H30N2O2/c1-8-9-16(6)12(4)10-14(5,13(17)18-7)15-11(2)3/h11-12,15H,8-10H2,1-7H3. The third-order valence-corrected chi connectivity index (χ3v) is 3.28. The van der Waals surface area contributed by atoms with Gasteiger partial charge in [-0.3, -0.25) is 10.1 Å². The quantitative estimate of drug-likeness (QED) is 0.677. The molecule has 2 unspecified atom stereocenters. The Labute approximate surface area is 112 Å². The smallest absolute Gasteiger partial charge is 0.325 e. The van der Waals surface area contributed by atoms with Crippen molar-refractivity contribution in [2.75, 3.05) is 20.7 Å². The zero-order valence-corrected chi connectivity index (χ0v) is 13.0. The Morgan fingerprint density at radius 1 is 1.39 bits per heavy atom. The summed E-state index contributed by atoms with van der Waals surface area (Å²) in [5.74, 6) is -0.187. The van der Waals surface area contributed by atoms with E-state index in [4.69, 9.17) is 4.74 Å². The van der Waals surface area contributed by atoms with Gasteiger partial charge in [-0.1, -0.05) is 6.92 Å². The highest BCUT2D eigenvalue weighted by Gasteiger charge is 2.36. The normalized spacial score (nSPS) is 16.7. The van der Waals surface area contributed by atoms with Crippen LogP contribution in [0.5, 0.6) is 0 Å². The second-order valence-corrected chi connectivity index (χ2v) is 5.66. The van der Waals surface area contributed by atoms with Gasteiger partial charge < -0.3 is 9.64 Å². The van der Waals surface area contributed by atoms with Crippen LogP contribution in [0.1, 0.15) is 47.5 Å². The number of hydrogen-bond donors (Lipinski definition) is 1. The highest BCUT2D eigenvalue weighted by atomic mass is 16.5. The van der Waals surface area contributed by atoms with E-state index < -0.39 is 5.54 Å². The molecule has 0 aromatic heterocycles. The second-order valence-electron chi connectivity index (χ2n) is 5.66. The summed E-state index contributed by atoms with van der Waals surface area (Å²) in [4.78, 5) is 14.3. The fourth-order valence-corrected chi connectivity index (χ4v) is 2.38. The van der Waals surface area contributed by atoms with E-state index in [1.54, 1.807) is 0 Å². The Balaban J connectivity index is 4.73. The van der Waals surface area contributed by atoms with Gasteiger partial charge in [-0.25, -0.2) is 0 Å². The van der Waals surface area contributed by atoms with Crippen LogP contribution in [-0.2, 0) is 9.53 Å². The van der Waals surface area contributed by atoms with Gasteiger partial charge in [-0.15, -0.1) is 0 Å². The summed E-state index contributed by atoms with van der Waals surface area (Å²) < 4.78 is 4.94. The van der Waals surface area contributed by atoms with Gasteiger partial charge in [0.15, 0.2) is 0 Å². The van der Waals surface area contributed by atoms with Gasteiger partial charge in [-0.2, -0.15) is 0 Å². The summed E-state index contributed by atoms with van der Waals surface area (Å²) in [6.07, 6.45) is 1.86. The second kappa shape index (κ2) is 7.74. The van der Waals surface area contributed by atoms with Crippen molar-refractivity contribution in [1.29, 1.82) is 0 Å². The summed E-state index contributed by atoms with van der Waals surface area (Å²) in [5.41, 5.74) is -0.621. The minimum atomic E-state index is -0.621. The van der Waals surface area contributed by atoms with Crippen LogP contribution in [-0.4, -0.2) is 49.2 Å². The molecule has 0 bridgehead atoms. The summed E-state index contributed by atoms with van der Waals surface area (Å²) in [6.45, 7) is 11.4. The van der Waals surface area contributed by atoms with Crippen LogP contribution in [0.4, 0.5) is 0 Å². The average molecular weight is 258 g/mol. The maximum absolute atomic E-state index is 12.0. The SMILES string of the molecule is CCCN(C)C(C)CC(C)(NC(C)C)C(=O)OC. The predicted octanol–water partition coefficient (Wildman–Crippen LogP) is 2.04. The molecule has 0 aromatic rings. The van der Waals surface area contributed by atoms with E-state index in [0.29, 0.717) is 6.04 Å². The number of hydrogen-bond acceptors (Lipinski definition) is 4. The predicted molar refractivity (Wildman–Crippen MR) is 75.7 cm³/mol. The molecule has 0 saturated carbocycles. The number of carbonyl (C=O) groups is 1. The van der Waals surface area contributed by atoms with Crippen molar-refractivity contribution >= 4 is 5.97 Å². The number of methoxy groups -OCH3 is 1. The van der Waals surface area contributed by atoms with E-state index in [1.807, 2.05) is 20.8 Å². The number of carbonyl (C=O) groups excluding carboxylic acids is 1. The molecule has 4 nitrogen and oxygen atoms in total. The van der Waals surface area contributed by atoms with Crippen LogP contribution >= 0.6 is 0 Å². The first-order chi connectivity index (χ1) is 8.26. The maximum Gasteiger partial charge on any atom is 0.325 e. The fraction of sp³-hybridized carbons (Fsp3) is 0.929. The molecular weight excluding hydrogens is 228 g/mol. The van der Waals surface area contributed by atoms with E-state index in [1.165, 1.54) is 7.11 Å². The summed E-state index contributed by atoms with van der Waals surface area (Å²) in [7, 11) is 3.55. The molecule has 0 aromatic carbocycles. The first kappa shape index (κ1) is 17.4. The summed E-state index contributed by atoms with van der Waals surface area (Å²) in [6, 6.07) is 0.582. The van der Waals surface area contributed by atoms with Gasteiger partial charge in [0.05, 0.1) is 7.11 Å². The van der Waals surface area contributed by atoms with Gasteiger partial charge in [0, 0.05) is 12.1 Å². The minimum Gasteiger partial charge on any atom is -0.468 e. The molecule has 108 valence electrons. The summed E-state index contributed by atoms with van der Waals surface area (Å²) in [5, 5.41) is 3.33. The van der Waals surface area contributed by atoms with Gasteiger partial charge in [0.2, 0.25) is 0 Å². The molecule has 0 rings (SSSR count). The van der Waals surface area contributed by atoms with E-state index in [-0.39, 0.29) is 12.0 Å². The highest BCUT2D eigenvalue weighted by molar-refractivity contribution is 5.80. The molecule has 0 saturated heterocycles. The molecule has 0 aliphatic carbocycles. The van der Waals surface area contributed by atoms with E-state index in [2.05, 4.69) is 31.1 Å². The van der Waals surface area contributed by atoms with E-state index in [9.17, 15) is 4.79 Å². The van der Waals surface area contributed by atoms with Gasteiger partial charge in [0.25, 0.3) is 0 Å². The molecule has 18 heavy (non-hydrogen) atoms. The van der Waals surface area contributed by atoms with E-state index in [0.717, 1.165) is 19.4 Å². The number of rotatable bonds is 8. The Morgan fingerprint density at radius 2 is 1.94 bits per heavy atom. The Morgan fingerprint density at radius 3 is 2.33 bits per heavy atom. The van der Waals surface area contributed by atoms with Crippen molar-refractivity contribution in [3.8, 4) is 0 Å². The number of esters is 1. The lowest BCUT2D eigenvalue weighted by Crippen LogP contribution is -2.55. The Hall–Kier alpha value is -0.610. The van der Waals surface area contributed by atoms with Gasteiger partial charge >= 0.3 is 5.97 Å². The van der Waals surface area contributed by atoms with Crippen molar-refractivity contribution < 1.29 is 9.53 Å². The number of ether oxygens (including phenoxy) is 1. The fourth-order valence-electron chi connectivity index (χ4n) is 2.38. The molecular formula is C14H30N2O2. The van der Waals surface area contributed by atoms with Crippen LogP contribution in [0.2, 0.25) is 0 Å². The largest absolute Gasteiger partial charge is 0.468 e. The average Bonchev–Trinajstić information content (AvgIpc) is 2.26. The molecule has 0 amide bonds. The first-order valence-electron chi connectivity index (χ1n) is 6.83. The lowest BCUT2D eigenvalue weighted by atomic mass is 9.92. The maximum atomic E-state index is 12.0. The molecule has 1 N–H and O–H groups in total. The van der Waals surface area contributed by atoms with Crippen LogP contribution in [0.15, 0.2) is 0 Å². The monoisotopic (exact) mass is 258 g/mol. The zero-order valence-electron chi connectivity index (χ0n) is 13.0. The Bertz CT molecular complexity index is 256. The topological polar surface area (TPSA) is 41.6 Å². The molecule has 4 heteroatoms. The van der Waals surface area contributed by atoms with Crippen LogP contribution in [0.3, 0.4) is 0 Å². The molecule has 0 radical (unpaired) electrons. The van der Waals surface area contributed by atoms with Gasteiger partial charge in [0.1, 0.15) is 5.54 Å². The molecule has 0 spiro atoms. The molecule has 2 atom stereocenters. The molecule has 0 fully saturated rings. The summed E-state index contributed by atoms with van der Waals surface area (Å²) >= 11 is 0. The number of nitrogens with one attached hydrogen (secondary N) is 1. The van der Waals surface area contributed by atoms with Gasteiger partial charge in [-0.05, 0) is 54.1 Å². The molecule has 0 aliphatic rings. The van der Waals surface area contributed by atoms with Crippen molar-refractivity contribution in [1.82, 2.24) is 10.2 Å². The minimum absolute atomic E-state index is 0.187. The lowest BCUT2D eigenvalue weighted by Gasteiger charge is -2.35. The van der Waals surface area contributed by atoms with Crippen LogP contribution < -0.4 is 5.32 Å². The van der Waals surface area contributed by atoms with Crippen molar-refractivity contribution in [3.63, 3.8) is 0 Å². The highest BCUT2D eigenvalue weighted by Crippen LogP contribution is 2.18. The first-order valence-corrected chi connectivity index (χ1v) is 6.83. The van der Waals surface area contributed by atoms with Crippen molar-refractivity contribution in [3.05, 3.63) is 0 Å².